The van der Waals surface area contributed by atoms with E-state index in [-0.39, 0.29) is 16.6 Å². The van der Waals surface area contributed by atoms with Gasteiger partial charge in [0.05, 0.1) is 27.0 Å². The van der Waals surface area contributed by atoms with Gasteiger partial charge in [0.15, 0.2) is 0 Å². The zero-order valence-corrected chi connectivity index (χ0v) is 17.9. The molecule has 28 heavy (non-hydrogen) atoms. The fourth-order valence-electron chi connectivity index (χ4n) is 2.88. The van der Waals surface area contributed by atoms with Gasteiger partial charge < -0.3 is 9.80 Å². The second-order valence-corrected chi connectivity index (χ2v) is 9.31. The third-order valence-electron chi connectivity index (χ3n) is 4.16. The first-order chi connectivity index (χ1) is 13.1. The van der Waals surface area contributed by atoms with Gasteiger partial charge in [-0.3, -0.25) is 9.52 Å². The molecule has 1 aromatic carbocycles. The molecule has 0 saturated carbocycles. The van der Waals surface area contributed by atoms with E-state index >= 15 is 0 Å². The Morgan fingerprint density at radius 1 is 1.07 bits per heavy atom. The molecule has 1 aliphatic rings. The van der Waals surface area contributed by atoms with Crippen LogP contribution in [0.3, 0.4) is 0 Å². The van der Waals surface area contributed by atoms with Crippen molar-refractivity contribution in [2.75, 3.05) is 42.1 Å². The normalized spacial score (nSPS) is 14.9. The lowest BCUT2D eigenvalue weighted by Crippen LogP contribution is -2.49. The number of halogens is 3. The Kier molecular flexibility index (Phi) is 6.24. The number of hydrogen-bond acceptors (Lipinski definition) is 5. The number of carbonyl (C=O) groups is 1. The quantitative estimate of drug-likeness (QED) is 0.752. The highest BCUT2D eigenvalue weighted by atomic mass is 35.5. The second kappa shape index (κ2) is 8.32. The minimum absolute atomic E-state index is 0.172. The van der Waals surface area contributed by atoms with Gasteiger partial charge in [0.25, 0.3) is 5.91 Å². The molecule has 0 spiro atoms. The third kappa shape index (κ3) is 5.00. The van der Waals surface area contributed by atoms with Crippen LogP contribution >= 0.6 is 34.8 Å². The summed E-state index contributed by atoms with van der Waals surface area (Å²) in [6, 6.07) is 6.14. The lowest BCUT2D eigenvalue weighted by molar-refractivity contribution is 0.0746. The predicted molar refractivity (Wildman–Crippen MR) is 112 cm³/mol. The highest BCUT2D eigenvalue weighted by Crippen LogP contribution is 2.28. The van der Waals surface area contributed by atoms with Gasteiger partial charge in [-0.25, -0.2) is 13.4 Å². The van der Waals surface area contributed by atoms with Crippen LogP contribution < -0.4 is 9.62 Å². The summed E-state index contributed by atoms with van der Waals surface area (Å²) < 4.78 is 25.2. The maximum absolute atomic E-state index is 12.8. The molecule has 2 heterocycles. The van der Waals surface area contributed by atoms with Crippen LogP contribution in [0.2, 0.25) is 15.1 Å². The molecule has 1 aromatic heterocycles. The van der Waals surface area contributed by atoms with Crippen LogP contribution in [-0.4, -0.2) is 56.6 Å². The summed E-state index contributed by atoms with van der Waals surface area (Å²) in [7, 11) is -3.51. The minimum atomic E-state index is -3.51. The van der Waals surface area contributed by atoms with Crippen molar-refractivity contribution in [2.24, 2.45) is 0 Å². The van der Waals surface area contributed by atoms with Gasteiger partial charge in [0.1, 0.15) is 5.82 Å². The number of sulfonamides is 1. The summed E-state index contributed by atoms with van der Waals surface area (Å²) in [6.07, 6.45) is 2.55. The van der Waals surface area contributed by atoms with Crippen molar-refractivity contribution < 1.29 is 13.2 Å². The SMILES string of the molecule is CS(=O)(=O)Nc1cc(C(=O)N2CCN(c3ncc(Cl)cc3Cl)CC2)ccc1Cl. The van der Waals surface area contributed by atoms with Crippen molar-refractivity contribution in [3.05, 3.63) is 51.1 Å². The monoisotopic (exact) mass is 462 g/mol. The van der Waals surface area contributed by atoms with E-state index in [1.807, 2.05) is 4.90 Å². The van der Waals surface area contributed by atoms with E-state index in [9.17, 15) is 13.2 Å². The first kappa shape index (κ1) is 21.0. The summed E-state index contributed by atoms with van der Waals surface area (Å²) in [5.41, 5.74) is 0.525. The van der Waals surface area contributed by atoms with Crippen LogP contribution in [0.5, 0.6) is 0 Å². The fraction of sp³-hybridized carbons (Fsp3) is 0.294. The largest absolute Gasteiger partial charge is 0.352 e. The summed E-state index contributed by atoms with van der Waals surface area (Å²) in [5, 5.41) is 1.14. The predicted octanol–water partition coefficient (Wildman–Crippen LogP) is 3.38. The average molecular weight is 464 g/mol. The van der Waals surface area contributed by atoms with Gasteiger partial charge in [-0.05, 0) is 24.3 Å². The van der Waals surface area contributed by atoms with Crippen LogP contribution in [0.25, 0.3) is 0 Å². The first-order valence-electron chi connectivity index (χ1n) is 8.26. The number of aromatic nitrogens is 1. The van der Waals surface area contributed by atoms with Gasteiger partial charge in [-0.1, -0.05) is 34.8 Å². The van der Waals surface area contributed by atoms with Gasteiger partial charge in [0, 0.05) is 37.9 Å². The number of piperazine rings is 1. The van der Waals surface area contributed by atoms with Crippen molar-refractivity contribution >= 4 is 62.2 Å². The van der Waals surface area contributed by atoms with Crippen LogP contribution in [0, 0.1) is 0 Å². The Hall–Kier alpha value is -1.74. The smallest absolute Gasteiger partial charge is 0.254 e. The summed E-state index contributed by atoms with van der Waals surface area (Å²) in [5.74, 6) is 0.423. The van der Waals surface area contributed by atoms with Crippen molar-refractivity contribution in [3.63, 3.8) is 0 Å². The van der Waals surface area contributed by atoms with E-state index in [0.29, 0.717) is 47.6 Å². The van der Waals surface area contributed by atoms with Crippen molar-refractivity contribution in [3.8, 4) is 0 Å². The highest BCUT2D eigenvalue weighted by molar-refractivity contribution is 7.92. The highest BCUT2D eigenvalue weighted by Gasteiger charge is 2.24. The molecule has 2 aromatic rings. The topological polar surface area (TPSA) is 82.6 Å². The summed E-state index contributed by atoms with van der Waals surface area (Å²) in [4.78, 5) is 20.8. The molecule has 1 N–H and O–H groups in total. The minimum Gasteiger partial charge on any atom is -0.352 e. The van der Waals surface area contributed by atoms with E-state index in [1.165, 1.54) is 18.3 Å². The molecule has 150 valence electrons. The second-order valence-electron chi connectivity index (χ2n) is 6.31. The molecular weight excluding hydrogens is 447 g/mol. The molecule has 1 saturated heterocycles. The van der Waals surface area contributed by atoms with Crippen molar-refractivity contribution in [2.45, 2.75) is 0 Å². The van der Waals surface area contributed by atoms with Crippen molar-refractivity contribution in [1.82, 2.24) is 9.88 Å². The number of pyridine rings is 1. The number of benzene rings is 1. The fourth-order valence-corrected chi connectivity index (χ4v) is 4.17. The number of carbonyl (C=O) groups excluding carboxylic acids is 1. The van der Waals surface area contributed by atoms with Gasteiger partial charge in [0.2, 0.25) is 10.0 Å². The van der Waals surface area contributed by atoms with E-state index < -0.39 is 10.0 Å². The zero-order chi connectivity index (χ0) is 20.5. The molecule has 0 radical (unpaired) electrons. The van der Waals surface area contributed by atoms with E-state index in [0.717, 1.165) is 6.26 Å². The van der Waals surface area contributed by atoms with Gasteiger partial charge in [-0.2, -0.15) is 0 Å². The Bertz CT molecular complexity index is 1010. The zero-order valence-electron chi connectivity index (χ0n) is 14.8. The molecular formula is C17H17Cl3N4O3S. The Morgan fingerprint density at radius 2 is 1.75 bits per heavy atom. The van der Waals surface area contributed by atoms with Crippen LogP contribution in [0.15, 0.2) is 30.5 Å². The van der Waals surface area contributed by atoms with E-state index in [4.69, 9.17) is 34.8 Å². The van der Waals surface area contributed by atoms with Crippen LogP contribution in [0.1, 0.15) is 10.4 Å². The summed E-state index contributed by atoms with van der Waals surface area (Å²) in [6.45, 7) is 2.05. The first-order valence-corrected chi connectivity index (χ1v) is 11.3. The van der Waals surface area contributed by atoms with Gasteiger partial charge in [-0.15, -0.1) is 0 Å². The average Bonchev–Trinajstić information content (AvgIpc) is 2.62. The van der Waals surface area contributed by atoms with Crippen LogP contribution in [-0.2, 0) is 10.0 Å². The standard InChI is InChI=1S/C17H17Cl3N4O3S/c1-28(26,27)22-15-8-11(2-3-13(15)19)17(25)24-6-4-23(5-7-24)16-14(20)9-12(18)10-21-16/h2-3,8-10,22H,4-7H2,1H3. The maximum atomic E-state index is 12.8. The van der Waals surface area contributed by atoms with Gasteiger partial charge >= 0.3 is 0 Å². The molecule has 0 aliphatic carbocycles. The van der Waals surface area contributed by atoms with E-state index in [2.05, 4.69) is 9.71 Å². The Labute approximate surface area is 178 Å². The number of anilines is 2. The summed E-state index contributed by atoms with van der Waals surface area (Å²) >= 11 is 18.1. The van der Waals surface area contributed by atoms with Crippen molar-refractivity contribution in [1.29, 1.82) is 0 Å². The molecule has 0 bridgehead atoms. The lowest BCUT2D eigenvalue weighted by atomic mass is 10.1. The number of amides is 1. The molecule has 1 aliphatic heterocycles. The third-order valence-corrected chi connectivity index (χ3v) is 5.57. The molecule has 7 nitrogen and oxygen atoms in total. The number of nitrogens with one attached hydrogen (secondary N) is 1. The maximum Gasteiger partial charge on any atom is 0.254 e. The molecule has 1 amide bonds. The van der Waals surface area contributed by atoms with E-state index in [1.54, 1.807) is 17.0 Å². The molecule has 0 unspecified atom stereocenters. The van der Waals surface area contributed by atoms with Crippen LogP contribution in [0.4, 0.5) is 11.5 Å². The molecule has 3 rings (SSSR count). The molecule has 0 atom stereocenters. The number of rotatable bonds is 4. The Balaban J connectivity index is 1.71. The Morgan fingerprint density at radius 3 is 2.36 bits per heavy atom. The molecule has 1 fully saturated rings. The lowest BCUT2D eigenvalue weighted by Gasteiger charge is -2.35. The number of hydrogen-bond donors (Lipinski definition) is 1. The number of nitrogens with zero attached hydrogens (tertiary/aromatic N) is 3. The molecule has 11 heteroatoms.